The minimum atomic E-state index is -0.0990. The number of hydrogen-bond acceptors (Lipinski definition) is 5. The third kappa shape index (κ3) is 4.25. The molecule has 0 saturated carbocycles. The van der Waals surface area contributed by atoms with Gasteiger partial charge >= 0.3 is 0 Å². The van der Waals surface area contributed by atoms with Gasteiger partial charge in [0.15, 0.2) is 5.65 Å². The Bertz CT molecular complexity index is 974. The number of rotatable bonds is 8. The molecule has 28 heavy (non-hydrogen) atoms. The Labute approximate surface area is 169 Å². The molecule has 0 atom stereocenters. The highest BCUT2D eigenvalue weighted by molar-refractivity contribution is 7.12. The van der Waals surface area contributed by atoms with Crippen molar-refractivity contribution >= 4 is 28.3 Å². The van der Waals surface area contributed by atoms with Crippen LogP contribution in [-0.2, 0) is 4.74 Å². The number of fused-ring (bicyclic) bond motifs is 1. The maximum Gasteiger partial charge on any atom is 0.252 e. The van der Waals surface area contributed by atoms with Crippen molar-refractivity contribution in [3.63, 3.8) is 0 Å². The standard InChI is InChI=1S/C21H28N4O2S/c1-6-27-9-7-8-22-21(26)17-11-19(16-10-14(4)28-15(16)5)24-20-18(17)12-23-25(20)13(2)3/h10-13H,6-9H2,1-5H3,(H,22,26). The van der Waals surface area contributed by atoms with E-state index in [0.717, 1.165) is 28.7 Å². The molecule has 150 valence electrons. The Morgan fingerprint density at radius 1 is 1.32 bits per heavy atom. The normalized spacial score (nSPS) is 11.5. The molecular formula is C21H28N4O2S. The minimum absolute atomic E-state index is 0.0990. The maximum atomic E-state index is 12.9. The topological polar surface area (TPSA) is 69.0 Å². The summed E-state index contributed by atoms with van der Waals surface area (Å²) in [6, 6.07) is 4.18. The van der Waals surface area contributed by atoms with Crippen molar-refractivity contribution in [3.05, 3.63) is 33.6 Å². The van der Waals surface area contributed by atoms with Crippen LogP contribution in [0.5, 0.6) is 0 Å². The second-order valence-electron chi connectivity index (χ2n) is 7.11. The van der Waals surface area contributed by atoms with Crippen molar-refractivity contribution in [2.24, 2.45) is 0 Å². The van der Waals surface area contributed by atoms with Gasteiger partial charge in [0.05, 0.1) is 22.8 Å². The summed E-state index contributed by atoms with van der Waals surface area (Å²) >= 11 is 1.74. The molecule has 1 amide bonds. The van der Waals surface area contributed by atoms with Crippen LogP contribution in [0.2, 0.25) is 0 Å². The number of aryl methyl sites for hydroxylation is 2. The van der Waals surface area contributed by atoms with Crippen molar-refractivity contribution < 1.29 is 9.53 Å². The van der Waals surface area contributed by atoms with Gasteiger partial charge in [-0.1, -0.05) is 0 Å². The molecule has 0 spiro atoms. The molecule has 0 aliphatic rings. The Hall–Kier alpha value is -2.25. The zero-order valence-electron chi connectivity index (χ0n) is 17.2. The van der Waals surface area contributed by atoms with Crippen molar-refractivity contribution in [1.29, 1.82) is 0 Å². The van der Waals surface area contributed by atoms with Gasteiger partial charge in [0.1, 0.15) is 0 Å². The van der Waals surface area contributed by atoms with Gasteiger partial charge in [-0.2, -0.15) is 5.10 Å². The largest absolute Gasteiger partial charge is 0.382 e. The summed E-state index contributed by atoms with van der Waals surface area (Å²) in [6.45, 7) is 12.2. The van der Waals surface area contributed by atoms with Crippen LogP contribution in [0.1, 0.15) is 53.3 Å². The predicted molar refractivity (Wildman–Crippen MR) is 114 cm³/mol. The van der Waals surface area contributed by atoms with Crippen LogP contribution >= 0.6 is 11.3 Å². The van der Waals surface area contributed by atoms with E-state index in [1.165, 1.54) is 9.75 Å². The Morgan fingerprint density at radius 3 is 2.75 bits per heavy atom. The second-order valence-corrected chi connectivity index (χ2v) is 8.57. The van der Waals surface area contributed by atoms with Crippen molar-refractivity contribution in [2.75, 3.05) is 19.8 Å². The van der Waals surface area contributed by atoms with E-state index in [2.05, 4.69) is 44.2 Å². The summed E-state index contributed by atoms with van der Waals surface area (Å²) in [5, 5.41) is 8.27. The molecule has 3 aromatic heterocycles. The number of carbonyl (C=O) groups excluding carboxylic acids is 1. The van der Waals surface area contributed by atoms with E-state index in [4.69, 9.17) is 9.72 Å². The number of pyridine rings is 1. The molecule has 3 heterocycles. The van der Waals surface area contributed by atoms with Crippen LogP contribution < -0.4 is 5.32 Å². The van der Waals surface area contributed by atoms with E-state index in [9.17, 15) is 4.79 Å². The highest BCUT2D eigenvalue weighted by atomic mass is 32.1. The molecule has 0 aromatic carbocycles. The smallest absolute Gasteiger partial charge is 0.252 e. The number of ether oxygens (including phenoxy) is 1. The second kappa shape index (κ2) is 8.84. The van der Waals surface area contributed by atoms with E-state index in [1.54, 1.807) is 17.5 Å². The number of aromatic nitrogens is 3. The van der Waals surface area contributed by atoms with Crippen LogP contribution in [0.15, 0.2) is 18.3 Å². The molecule has 0 aliphatic carbocycles. The van der Waals surface area contributed by atoms with Crippen molar-refractivity contribution in [3.8, 4) is 11.3 Å². The molecule has 1 N–H and O–H groups in total. The summed E-state index contributed by atoms with van der Waals surface area (Å²) in [6.07, 6.45) is 2.53. The lowest BCUT2D eigenvalue weighted by Crippen LogP contribution is -2.25. The average Bonchev–Trinajstić information content (AvgIpc) is 3.23. The predicted octanol–water partition coefficient (Wildman–Crippen LogP) is 4.51. The van der Waals surface area contributed by atoms with E-state index < -0.39 is 0 Å². The van der Waals surface area contributed by atoms with Crippen LogP contribution in [0.4, 0.5) is 0 Å². The summed E-state index contributed by atoms with van der Waals surface area (Å²) < 4.78 is 7.21. The molecular weight excluding hydrogens is 372 g/mol. The van der Waals surface area contributed by atoms with E-state index in [0.29, 0.717) is 25.3 Å². The van der Waals surface area contributed by atoms with Crippen molar-refractivity contribution in [1.82, 2.24) is 20.1 Å². The Morgan fingerprint density at radius 2 is 2.11 bits per heavy atom. The van der Waals surface area contributed by atoms with Gasteiger partial charge in [0, 0.05) is 41.1 Å². The third-order valence-electron chi connectivity index (χ3n) is 4.57. The van der Waals surface area contributed by atoms with Gasteiger partial charge in [-0.25, -0.2) is 9.67 Å². The fourth-order valence-electron chi connectivity index (χ4n) is 3.22. The monoisotopic (exact) mass is 400 g/mol. The molecule has 0 unspecified atom stereocenters. The minimum Gasteiger partial charge on any atom is -0.382 e. The summed E-state index contributed by atoms with van der Waals surface area (Å²) in [5.41, 5.74) is 3.25. The first kappa shape index (κ1) is 20.5. The number of nitrogens with one attached hydrogen (secondary N) is 1. The molecule has 3 aromatic rings. The lowest BCUT2D eigenvalue weighted by atomic mass is 10.1. The van der Waals surface area contributed by atoms with Gasteiger partial charge in [0.25, 0.3) is 5.91 Å². The highest BCUT2D eigenvalue weighted by Crippen LogP contribution is 2.32. The van der Waals surface area contributed by atoms with Gasteiger partial charge in [-0.3, -0.25) is 4.79 Å². The first-order valence-electron chi connectivity index (χ1n) is 9.74. The number of amides is 1. The van der Waals surface area contributed by atoms with Crippen molar-refractivity contribution in [2.45, 2.75) is 47.1 Å². The fraction of sp³-hybridized carbons (Fsp3) is 0.476. The van der Waals surface area contributed by atoms with E-state index in [1.807, 2.05) is 17.7 Å². The van der Waals surface area contributed by atoms with Gasteiger partial charge in [-0.15, -0.1) is 11.3 Å². The molecule has 3 rings (SSSR count). The molecule has 0 bridgehead atoms. The number of hydrogen-bond donors (Lipinski definition) is 1. The first-order chi connectivity index (χ1) is 13.4. The fourth-order valence-corrected chi connectivity index (χ4v) is 4.16. The highest BCUT2D eigenvalue weighted by Gasteiger charge is 2.19. The number of thiophene rings is 1. The maximum absolute atomic E-state index is 12.9. The molecule has 6 nitrogen and oxygen atoms in total. The lowest BCUT2D eigenvalue weighted by molar-refractivity contribution is 0.0946. The molecule has 0 radical (unpaired) electrons. The zero-order valence-corrected chi connectivity index (χ0v) is 18.0. The Kier molecular flexibility index (Phi) is 6.46. The van der Waals surface area contributed by atoms with Crippen LogP contribution in [0.3, 0.4) is 0 Å². The van der Waals surface area contributed by atoms with Crippen LogP contribution in [-0.4, -0.2) is 40.4 Å². The van der Waals surface area contributed by atoms with E-state index in [-0.39, 0.29) is 11.9 Å². The number of carbonyl (C=O) groups is 1. The summed E-state index contributed by atoms with van der Waals surface area (Å²) in [5.74, 6) is -0.0990. The first-order valence-corrected chi connectivity index (χ1v) is 10.6. The van der Waals surface area contributed by atoms with Gasteiger partial charge in [-0.05, 0) is 53.2 Å². The van der Waals surface area contributed by atoms with Crippen LogP contribution in [0.25, 0.3) is 22.3 Å². The summed E-state index contributed by atoms with van der Waals surface area (Å²) in [7, 11) is 0. The Balaban J connectivity index is 2.00. The SMILES string of the molecule is CCOCCCNC(=O)c1cc(-c2cc(C)sc2C)nc2c1cnn2C(C)C. The molecule has 0 saturated heterocycles. The molecule has 0 aliphatic heterocycles. The van der Waals surface area contributed by atoms with Crippen LogP contribution in [0, 0.1) is 13.8 Å². The average molecular weight is 401 g/mol. The third-order valence-corrected chi connectivity index (χ3v) is 5.54. The molecule has 0 fully saturated rings. The number of nitrogens with zero attached hydrogens (tertiary/aromatic N) is 3. The van der Waals surface area contributed by atoms with Gasteiger partial charge in [0.2, 0.25) is 0 Å². The van der Waals surface area contributed by atoms with Gasteiger partial charge < -0.3 is 10.1 Å². The lowest BCUT2D eigenvalue weighted by Gasteiger charge is -2.11. The quantitative estimate of drug-likeness (QED) is 0.565. The zero-order chi connectivity index (χ0) is 20.3. The summed E-state index contributed by atoms with van der Waals surface area (Å²) in [4.78, 5) is 20.2. The molecule has 7 heteroatoms. The van der Waals surface area contributed by atoms with E-state index >= 15 is 0 Å².